The van der Waals surface area contributed by atoms with Gasteiger partial charge in [0.1, 0.15) is 17.5 Å². The highest BCUT2D eigenvalue weighted by molar-refractivity contribution is 14.1. The van der Waals surface area contributed by atoms with E-state index in [9.17, 15) is 14.3 Å². The van der Waals surface area contributed by atoms with E-state index in [0.717, 1.165) is 15.2 Å². The fraction of sp³-hybridized carbons (Fsp3) is 0.316. The zero-order valence-corrected chi connectivity index (χ0v) is 18.4. The summed E-state index contributed by atoms with van der Waals surface area (Å²) in [6, 6.07) is 7.96. The molecule has 2 aromatic rings. The number of hydroxylamine groups is 1. The average Bonchev–Trinajstić information content (AvgIpc) is 2.64. The number of carbonyl (C=O) groups is 1. The molecule has 0 aromatic heterocycles. The molecule has 1 amide bonds. The Kier molecular flexibility index (Phi) is 7.63. The van der Waals surface area contributed by atoms with Crippen LogP contribution in [-0.4, -0.2) is 34.4 Å². The quantitative estimate of drug-likeness (QED) is 0.327. The molecule has 1 atom stereocenters. The minimum atomic E-state index is -1.24. The fourth-order valence-corrected chi connectivity index (χ4v) is 3.08. The number of aryl methyl sites for hydroxylation is 1. The van der Waals surface area contributed by atoms with Gasteiger partial charge in [0.15, 0.2) is 0 Å². The number of rotatable bonds is 7. The molecule has 0 heterocycles. The van der Waals surface area contributed by atoms with E-state index in [1.54, 1.807) is 0 Å². The molecule has 1 unspecified atom stereocenters. The second-order valence-electron chi connectivity index (χ2n) is 6.73. The molecular formula is C19H21ClFIN2O4. The summed E-state index contributed by atoms with van der Waals surface area (Å²) >= 11 is 8.03. The third-order valence-corrected chi connectivity index (χ3v) is 5.11. The molecule has 2 aromatic carbocycles. The topological polar surface area (TPSA) is 90.8 Å². The maximum absolute atomic E-state index is 14.0. The number of carbonyl (C=O) groups excluding carboxylic acids is 1. The van der Waals surface area contributed by atoms with Crippen molar-refractivity contribution in [2.24, 2.45) is 0 Å². The third-order valence-electron chi connectivity index (χ3n) is 4.15. The number of amides is 1. The molecule has 0 aliphatic carbocycles. The van der Waals surface area contributed by atoms with Crippen LogP contribution in [0.3, 0.4) is 0 Å². The number of aliphatic hydroxyl groups excluding tert-OH is 2. The van der Waals surface area contributed by atoms with E-state index in [-0.39, 0.29) is 16.3 Å². The Morgan fingerprint density at radius 2 is 2.00 bits per heavy atom. The molecule has 0 saturated heterocycles. The highest BCUT2D eigenvalue weighted by Gasteiger charge is 2.30. The van der Waals surface area contributed by atoms with Gasteiger partial charge in [0, 0.05) is 9.26 Å². The van der Waals surface area contributed by atoms with E-state index in [4.69, 9.17) is 21.5 Å². The van der Waals surface area contributed by atoms with Crippen LogP contribution in [-0.2, 0) is 4.84 Å². The number of nitrogens with one attached hydrogen (secondary N) is 2. The SMILES string of the molecule is Cc1cc(I)ccc1Nc1cc(F)c(Cl)cc1C(=O)NOC(C)(C)C(O)CO. The van der Waals surface area contributed by atoms with Crippen molar-refractivity contribution in [3.63, 3.8) is 0 Å². The first kappa shape index (κ1) is 22.8. The van der Waals surface area contributed by atoms with E-state index in [2.05, 4.69) is 33.4 Å². The van der Waals surface area contributed by atoms with Gasteiger partial charge in [-0.05, 0) is 79.3 Å². The van der Waals surface area contributed by atoms with Gasteiger partial charge >= 0.3 is 0 Å². The summed E-state index contributed by atoms with van der Waals surface area (Å²) in [5.74, 6) is -1.37. The molecular weight excluding hydrogens is 502 g/mol. The molecule has 4 N–H and O–H groups in total. The second-order valence-corrected chi connectivity index (χ2v) is 8.38. The van der Waals surface area contributed by atoms with Gasteiger partial charge in [-0.2, -0.15) is 0 Å². The van der Waals surface area contributed by atoms with Crippen LogP contribution in [0.25, 0.3) is 0 Å². The normalized spacial score (nSPS) is 12.6. The summed E-state index contributed by atoms with van der Waals surface area (Å²) in [4.78, 5) is 17.9. The van der Waals surface area contributed by atoms with Gasteiger partial charge in [0.25, 0.3) is 5.91 Å². The summed E-state index contributed by atoms with van der Waals surface area (Å²) in [6.45, 7) is 4.35. The largest absolute Gasteiger partial charge is 0.394 e. The lowest BCUT2D eigenvalue weighted by Gasteiger charge is -2.28. The first-order valence-electron chi connectivity index (χ1n) is 8.34. The van der Waals surface area contributed by atoms with Crippen LogP contribution >= 0.6 is 34.2 Å². The monoisotopic (exact) mass is 522 g/mol. The van der Waals surface area contributed by atoms with Crippen LogP contribution < -0.4 is 10.8 Å². The standard InChI is InChI=1S/C19H21ClFIN2O4/c1-10-6-11(22)4-5-15(10)23-16-8-14(21)13(20)7-12(16)18(27)24-28-19(2,3)17(26)9-25/h4-8,17,23,25-26H,9H2,1-3H3,(H,24,27). The van der Waals surface area contributed by atoms with Gasteiger partial charge in [0.2, 0.25) is 0 Å². The van der Waals surface area contributed by atoms with Crippen molar-refractivity contribution in [1.82, 2.24) is 5.48 Å². The van der Waals surface area contributed by atoms with E-state index in [0.29, 0.717) is 5.69 Å². The first-order valence-corrected chi connectivity index (χ1v) is 9.80. The number of hydrogen-bond donors (Lipinski definition) is 4. The first-order chi connectivity index (χ1) is 13.0. The molecule has 0 radical (unpaired) electrons. The zero-order chi connectivity index (χ0) is 21.1. The minimum absolute atomic E-state index is 0.0543. The molecule has 0 aliphatic heterocycles. The summed E-state index contributed by atoms with van der Waals surface area (Å²) < 4.78 is 15.1. The highest BCUT2D eigenvalue weighted by Crippen LogP contribution is 2.29. The van der Waals surface area contributed by atoms with E-state index in [1.807, 2.05) is 25.1 Å². The van der Waals surface area contributed by atoms with Crippen LogP contribution in [0.5, 0.6) is 0 Å². The van der Waals surface area contributed by atoms with Gasteiger partial charge in [-0.25, -0.2) is 9.87 Å². The van der Waals surface area contributed by atoms with Crippen LogP contribution in [0.15, 0.2) is 30.3 Å². The molecule has 2 rings (SSSR count). The number of benzene rings is 2. The van der Waals surface area contributed by atoms with Crippen molar-refractivity contribution in [3.8, 4) is 0 Å². The van der Waals surface area contributed by atoms with Crippen molar-refractivity contribution in [2.75, 3.05) is 11.9 Å². The van der Waals surface area contributed by atoms with Crippen molar-refractivity contribution in [3.05, 3.63) is 55.9 Å². The Morgan fingerprint density at radius 1 is 1.32 bits per heavy atom. The van der Waals surface area contributed by atoms with Gasteiger partial charge in [-0.3, -0.25) is 9.63 Å². The molecule has 6 nitrogen and oxygen atoms in total. The van der Waals surface area contributed by atoms with Crippen molar-refractivity contribution in [1.29, 1.82) is 0 Å². The van der Waals surface area contributed by atoms with Gasteiger partial charge < -0.3 is 15.5 Å². The minimum Gasteiger partial charge on any atom is -0.394 e. The lowest BCUT2D eigenvalue weighted by molar-refractivity contribution is -0.144. The molecule has 152 valence electrons. The van der Waals surface area contributed by atoms with Crippen LogP contribution in [0, 0.1) is 16.3 Å². The van der Waals surface area contributed by atoms with E-state index < -0.39 is 30.0 Å². The molecule has 0 bridgehead atoms. The maximum atomic E-state index is 14.0. The van der Waals surface area contributed by atoms with Gasteiger partial charge in [-0.15, -0.1) is 0 Å². The number of hydrogen-bond acceptors (Lipinski definition) is 5. The van der Waals surface area contributed by atoms with E-state index >= 15 is 0 Å². The Balaban J connectivity index is 2.30. The van der Waals surface area contributed by atoms with E-state index in [1.165, 1.54) is 19.9 Å². The number of halogens is 3. The maximum Gasteiger partial charge on any atom is 0.277 e. The molecule has 9 heteroatoms. The lowest BCUT2D eigenvalue weighted by atomic mass is 10.0. The Bertz CT molecular complexity index is 879. The smallest absolute Gasteiger partial charge is 0.277 e. The van der Waals surface area contributed by atoms with Crippen molar-refractivity contribution < 1.29 is 24.2 Å². The fourth-order valence-electron chi connectivity index (χ4n) is 2.27. The predicted molar refractivity (Wildman–Crippen MR) is 114 cm³/mol. The number of anilines is 2. The average molecular weight is 523 g/mol. The Morgan fingerprint density at radius 3 is 2.61 bits per heavy atom. The van der Waals surface area contributed by atoms with Crippen molar-refractivity contribution >= 4 is 51.5 Å². The van der Waals surface area contributed by atoms with Crippen LogP contribution in [0.4, 0.5) is 15.8 Å². The Hall–Kier alpha value is -1.46. The molecule has 0 aliphatic rings. The zero-order valence-electron chi connectivity index (χ0n) is 15.5. The summed E-state index contributed by atoms with van der Waals surface area (Å²) in [7, 11) is 0. The van der Waals surface area contributed by atoms with Crippen LogP contribution in [0.1, 0.15) is 29.8 Å². The van der Waals surface area contributed by atoms with Crippen LogP contribution in [0.2, 0.25) is 5.02 Å². The molecule has 28 heavy (non-hydrogen) atoms. The molecule has 0 saturated carbocycles. The Labute approximate surface area is 181 Å². The summed E-state index contributed by atoms with van der Waals surface area (Å²) in [5.41, 5.74) is 2.85. The van der Waals surface area contributed by atoms with Gasteiger partial charge in [0.05, 0.1) is 22.9 Å². The predicted octanol–water partition coefficient (Wildman–Crippen LogP) is 3.93. The molecule has 0 spiro atoms. The lowest BCUT2D eigenvalue weighted by Crippen LogP contribution is -2.46. The number of aliphatic hydroxyl groups is 2. The van der Waals surface area contributed by atoms with Gasteiger partial charge in [-0.1, -0.05) is 11.6 Å². The summed E-state index contributed by atoms with van der Waals surface area (Å²) in [5, 5.41) is 21.6. The van der Waals surface area contributed by atoms with Crippen molar-refractivity contribution in [2.45, 2.75) is 32.5 Å². The molecule has 0 fully saturated rings. The third kappa shape index (κ3) is 5.54. The highest BCUT2D eigenvalue weighted by atomic mass is 127. The summed E-state index contributed by atoms with van der Waals surface area (Å²) in [6.07, 6.45) is -1.21. The second kappa shape index (κ2) is 9.36.